The molecule has 2 unspecified atom stereocenters. The van der Waals surface area contributed by atoms with Gasteiger partial charge in [-0.2, -0.15) is 0 Å². The standard InChI is InChI=1S/C41H67NO10/c1-23-13-33(48-27(5)26(23)4)7-9-37-24(2)14-35(50-37)11-12-41(19-32(45)22-47-41)52-39-25(3)21-46-38-10-8-34(51-40(38)39)17-30(43)15-29-16-36(49-28(29)6)18-31(44)20-42/h23,25,27-29,31-40,44-45H,2,4,7-22,42H2,1,3,5-6H3/t23-,25?,27-,28+,29-,31+,32?,33+,34-,35+,36+,37+,38+,39-,40+,41+/m1/s1. The van der Waals surface area contributed by atoms with Crippen LogP contribution in [0.3, 0.4) is 0 Å². The number of rotatable bonds is 15. The smallest absolute Gasteiger partial charge is 0.171 e. The lowest BCUT2D eigenvalue weighted by atomic mass is 9.86. The Morgan fingerprint density at radius 1 is 0.962 bits per heavy atom. The van der Waals surface area contributed by atoms with E-state index in [-0.39, 0.29) is 91.8 Å². The van der Waals surface area contributed by atoms with Crippen LogP contribution in [0.1, 0.15) is 111 Å². The second kappa shape index (κ2) is 17.7. The number of Topliss-reactive ketones (excluding diaryl/α,β-unsaturated/α-hetero) is 1. The molecule has 0 aromatic heterocycles. The largest absolute Gasteiger partial charge is 0.392 e. The van der Waals surface area contributed by atoms with Gasteiger partial charge in [0.1, 0.15) is 11.9 Å². The molecule has 6 aliphatic rings. The highest BCUT2D eigenvalue weighted by Gasteiger charge is 2.51. The molecule has 6 saturated heterocycles. The van der Waals surface area contributed by atoms with Crippen LogP contribution in [-0.4, -0.2) is 115 Å². The van der Waals surface area contributed by atoms with Gasteiger partial charge in [0.2, 0.25) is 0 Å². The van der Waals surface area contributed by atoms with Crippen molar-refractivity contribution in [1.29, 1.82) is 0 Å². The number of hydrogen-bond acceptors (Lipinski definition) is 11. The van der Waals surface area contributed by atoms with Crippen LogP contribution in [0.15, 0.2) is 24.3 Å². The van der Waals surface area contributed by atoms with Gasteiger partial charge in [-0.1, -0.05) is 27.0 Å². The number of aliphatic hydroxyl groups excluding tert-OH is 2. The number of ether oxygens (including phenoxy) is 7. The summed E-state index contributed by atoms with van der Waals surface area (Å²) in [7, 11) is 0. The van der Waals surface area contributed by atoms with Crippen LogP contribution >= 0.6 is 0 Å². The van der Waals surface area contributed by atoms with Gasteiger partial charge in [0, 0.05) is 44.6 Å². The molecule has 4 N–H and O–H groups in total. The molecule has 11 heteroatoms. The zero-order valence-electron chi connectivity index (χ0n) is 32.1. The quantitative estimate of drug-likeness (QED) is 0.197. The zero-order chi connectivity index (χ0) is 37.2. The van der Waals surface area contributed by atoms with Crippen LogP contribution < -0.4 is 5.73 Å². The molecule has 6 rings (SSSR count). The molecular formula is C41H67NO10. The first-order valence-corrected chi connectivity index (χ1v) is 20.3. The molecule has 0 spiro atoms. The molecule has 0 aromatic carbocycles. The van der Waals surface area contributed by atoms with Crippen LogP contribution in [0, 0.1) is 17.8 Å². The molecule has 0 radical (unpaired) electrons. The van der Waals surface area contributed by atoms with E-state index in [1.807, 2.05) is 6.92 Å². The van der Waals surface area contributed by atoms with Gasteiger partial charge in [-0.05, 0) is 88.2 Å². The normalized spacial score (nSPS) is 44.6. The van der Waals surface area contributed by atoms with E-state index in [9.17, 15) is 15.0 Å². The second-order valence-electron chi connectivity index (χ2n) is 17.2. The van der Waals surface area contributed by atoms with E-state index < -0.39 is 18.0 Å². The maximum absolute atomic E-state index is 13.3. The highest BCUT2D eigenvalue weighted by molar-refractivity contribution is 5.79. The Hall–Kier alpha value is -1.25. The predicted molar refractivity (Wildman–Crippen MR) is 195 cm³/mol. The third-order valence-corrected chi connectivity index (χ3v) is 12.8. The van der Waals surface area contributed by atoms with Crippen molar-refractivity contribution in [1.82, 2.24) is 0 Å². The van der Waals surface area contributed by atoms with Crippen molar-refractivity contribution in [3.63, 3.8) is 0 Å². The predicted octanol–water partition coefficient (Wildman–Crippen LogP) is 4.93. The average Bonchev–Trinajstić information content (AvgIpc) is 3.77. The molecule has 6 aliphatic heterocycles. The Bertz CT molecular complexity index is 1220. The van der Waals surface area contributed by atoms with Crippen molar-refractivity contribution in [3.8, 4) is 0 Å². The number of ketones is 1. The third kappa shape index (κ3) is 9.94. The Balaban J connectivity index is 1.01. The van der Waals surface area contributed by atoms with Gasteiger partial charge in [-0.15, -0.1) is 0 Å². The molecule has 6 heterocycles. The molecule has 6 fully saturated rings. The van der Waals surface area contributed by atoms with Gasteiger partial charge in [0.05, 0.1) is 80.4 Å². The van der Waals surface area contributed by atoms with E-state index >= 15 is 0 Å². The number of aliphatic hydroxyl groups is 2. The summed E-state index contributed by atoms with van der Waals surface area (Å²) in [4.78, 5) is 13.3. The lowest BCUT2D eigenvalue weighted by Gasteiger charge is -2.48. The van der Waals surface area contributed by atoms with E-state index in [0.29, 0.717) is 44.6 Å². The molecule has 296 valence electrons. The summed E-state index contributed by atoms with van der Waals surface area (Å²) in [6.07, 6.45) is 6.96. The fraction of sp³-hybridized carbons (Fsp3) is 0.878. The third-order valence-electron chi connectivity index (χ3n) is 12.8. The summed E-state index contributed by atoms with van der Waals surface area (Å²) in [5, 5.41) is 20.6. The van der Waals surface area contributed by atoms with Crippen molar-refractivity contribution in [2.45, 2.75) is 190 Å². The number of nitrogens with two attached hydrogens (primary N) is 1. The Morgan fingerprint density at radius 3 is 2.50 bits per heavy atom. The van der Waals surface area contributed by atoms with Crippen molar-refractivity contribution in [2.24, 2.45) is 23.5 Å². The van der Waals surface area contributed by atoms with Crippen molar-refractivity contribution in [3.05, 3.63) is 24.3 Å². The monoisotopic (exact) mass is 733 g/mol. The number of fused-ring (bicyclic) bond motifs is 1. The Morgan fingerprint density at radius 2 is 1.77 bits per heavy atom. The number of carbonyl (C=O) groups excluding carboxylic acids is 1. The summed E-state index contributed by atoms with van der Waals surface area (Å²) < 4.78 is 45.0. The minimum atomic E-state index is -0.952. The number of carbonyl (C=O) groups is 1. The fourth-order valence-electron chi connectivity index (χ4n) is 9.63. The van der Waals surface area contributed by atoms with Crippen molar-refractivity contribution in [2.75, 3.05) is 19.8 Å². The highest BCUT2D eigenvalue weighted by atomic mass is 16.7. The van der Waals surface area contributed by atoms with Gasteiger partial charge in [-0.25, -0.2) is 0 Å². The Labute approximate surface area is 311 Å². The van der Waals surface area contributed by atoms with Crippen LogP contribution in [0.5, 0.6) is 0 Å². The molecule has 0 aliphatic carbocycles. The maximum Gasteiger partial charge on any atom is 0.171 e. The zero-order valence-corrected chi connectivity index (χ0v) is 32.1. The molecule has 0 saturated carbocycles. The topological polar surface area (TPSA) is 148 Å². The second-order valence-corrected chi connectivity index (χ2v) is 17.2. The SMILES string of the molecule is C=C1C[C@H](CC[C@]2(O[C@@H]3C(C)CO[C@H]4CC[C@H](CC(=O)C[C@@H]5C[C@@H](C[C@H](O)CN)O[C@H]5C)O[C@@H]43)CC(O)CO2)O[C@H]1CC[C@H]1C[C@@H](C)C(=C)[C@@H](C)O1. The first-order valence-electron chi connectivity index (χ1n) is 20.3. The van der Waals surface area contributed by atoms with Gasteiger partial charge in [0.25, 0.3) is 0 Å². The van der Waals surface area contributed by atoms with Crippen molar-refractivity contribution < 1.29 is 48.2 Å². The molecular weight excluding hydrogens is 666 g/mol. The first-order chi connectivity index (χ1) is 24.8. The summed E-state index contributed by atoms with van der Waals surface area (Å²) in [6, 6.07) is 0. The van der Waals surface area contributed by atoms with Crippen LogP contribution in [0.4, 0.5) is 0 Å². The summed E-state index contributed by atoms with van der Waals surface area (Å²) in [6.45, 7) is 18.0. The van der Waals surface area contributed by atoms with Crippen LogP contribution in [0.2, 0.25) is 0 Å². The molecule has 0 bridgehead atoms. The molecule has 0 amide bonds. The summed E-state index contributed by atoms with van der Waals surface area (Å²) >= 11 is 0. The van der Waals surface area contributed by atoms with Crippen LogP contribution in [-0.2, 0) is 38.0 Å². The minimum Gasteiger partial charge on any atom is -0.392 e. The van der Waals surface area contributed by atoms with E-state index in [1.54, 1.807) is 0 Å². The molecule has 0 aromatic rings. The van der Waals surface area contributed by atoms with E-state index in [2.05, 4.69) is 33.9 Å². The molecule has 52 heavy (non-hydrogen) atoms. The van der Waals surface area contributed by atoms with E-state index in [1.165, 1.54) is 5.57 Å². The van der Waals surface area contributed by atoms with Crippen molar-refractivity contribution >= 4 is 5.78 Å². The van der Waals surface area contributed by atoms with Gasteiger partial charge in [0.15, 0.2) is 5.79 Å². The molecule has 16 atom stereocenters. The maximum atomic E-state index is 13.3. The summed E-state index contributed by atoms with van der Waals surface area (Å²) in [5.41, 5.74) is 7.90. The first kappa shape index (κ1) is 40.4. The van der Waals surface area contributed by atoms with E-state index in [4.69, 9.17) is 38.9 Å². The van der Waals surface area contributed by atoms with Gasteiger partial charge in [-0.3, -0.25) is 4.79 Å². The summed E-state index contributed by atoms with van der Waals surface area (Å²) in [5.74, 6) is -0.154. The average molecular weight is 734 g/mol. The highest BCUT2D eigenvalue weighted by Crippen LogP contribution is 2.43. The lowest BCUT2D eigenvalue weighted by molar-refractivity contribution is -0.308. The fourth-order valence-corrected chi connectivity index (χ4v) is 9.63. The van der Waals surface area contributed by atoms with E-state index in [0.717, 1.165) is 56.9 Å². The van der Waals surface area contributed by atoms with Gasteiger partial charge < -0.3 is 49.1 Å². The lowest BCUT2D eigenvalue weighted by Crippen LogP contribution is -2.58. The number of hydrogen-bond donors (Lipinski definition) is 3. The minimum absolute atomic E-state index is 0.0118. The van der Waals surface area contributed by atoms with Gasteiger partial charge >= 0.3 is 0 Å². The van der Waals surface area contributed by atoms with Crippen LogP contribution in [0.25, 0.3) is 0 Å². The molecule has 11 nitrogen and oxygen atoms in total. The Kier molecular flexibility index (Phi) is 13.7.